The average Bonchev–Trinajstić information content (AvgIpc) is 2.01. The summed E-state index contributed by atoms with van der Waals surface area (Å²) in [5.74, 6) is 5.09. The van der Waals surface area contributed by atoms with E-state index in [1.807, 2.05) is 19.0 Å². The van der Waals surface area contributed by atoms with Crippen molar-refractivity contribution < 1.29 is 9.59 Å². The third-order valence-electron chi connectivity index (χ3n) is 1.52. The number of carbonyl (C=O) groups is 2. The zero-order chi connectivity index (χ0) is 11.1. The second kappa shape index (κ2) is 6.17. The van der Waals surface area contributed by atoms with Gasteiger partial charge in [-0.2, -0.15) is 0 Å². The molecule has 0 heterocycles. The van der Waals surface area contributed by atoms with Gasteiger partial charge in [0.2, 0.25) is 11.8 Å². The molecule has 4 nitrogen and oxygen atoms in total. The summed E-state index contributed by atoms with van der Waals surface area (Å²) in [5, 5.41) is 0. The molecule has 4 heteroatoms. The molecule has 0 atom stereocenters. The molecule has 0 aromatic rings. The zero-order valence-corrected chi connectivity index (χ0v) is 9.13. The molecule has 0 saturated carbocycles. The highest BCUT2D eigenvalue weighted by atomic mass is 16.2. The third kappa shape index (κ3) is 5.33. The molecule has 0 aliphatic heterocycles. The molecule has 0 spiro atoms. The third-order valence-corrected chi connectivity index (χ3v) is 1.52. The van der Waals surface area contributed by atoms with Crippen LogP contribution < -0.4 is 0 Å². The van der Waals surface area contributed by atoms with Gasteiger partial charge in [0.05, 0.1) is 13.1 Å². The fraction of sp³-hybridized carbons (Fsp3) is 0.600. The normalized spacial score (nSPS) is 9.21. The molecule has 2 amide bonds. The highest BCUT2D eigenvalue weighted by molar-refractivity contribution is 5.93. The Morgan fingerprint density at radius 3 is 1.79 bits per heavy atom. The zero-order valence-electron chi connectivity index (χ0n) is 9.13. The van der Waals surface area contributed by atoms with Crippen molar-refractivity contribution in [1.29, 1.82) is 0 Å². The van der Waals surface area contributed by atoms with Gasteiger partial charge in [-0.15, -0.1) is 0 Å². The van der Waals surface area contributed by atoms with E-state index in [1.54, 1.807) is 0 Å². The van der Waals surface area contributed by atoms with E-state index in [2.05, 4.69) is 11.8 Å². The molecular weight excluding hydrogens is 180 g/mol. The molecule has 0 aliphatic rings. The first-order valence-electron chi connectivity index (χ1n) is 4.34. The second-order valence-electron chi connectivity index (χ2n) is 3.22. The van der Waals surface area contributed by atoms with E-state index >= 15 is 0 Å². The van der Waals surface area contributed by atoms with E-state index < -0.39 is 0 Å². The van der Waals surface area contributed by atoms with E-state index in [-0.39, 0.29) is 18.4 Å². The largest absolute Gasteiger partial charge is 0.299 e. The highest BCUT2D eigenvalue weighted by Gasteiger charge is 2.10. The van der Waals surface area contributed by atoms with Crippen molar-refractivity contribution in [2.75, 3.05) is 27.2 Å². The van der Waals surface area contributed by atoms with Gasteiger partial charge >= 0.3 is 0 Å². The first kappa shape index (κ1) is 12.7. The predicted molar refractivity (Wildman–Crippen MR) is 54.4 cm³/mol. The maximum atomic E-state index is 10.9. The smallest absolute Gasteiger partial charge is 0.226 e. The van der Waals surface area contributed by atoms with Gasteiger partial charge < -0.3 is 0 Å². The summed E-state index contributed by atoms with van der Waals surface area (Å²) >= 11 is 0. The van der Waals surface area contributed by atoms with E-state index in [4.69, 9.17) is 0 Å². The van der Waals surface area contributed by atoms with Gasteiger partial charge in [-0.3, -0.25) is 19.4 Å². The summed E-state index contributed by atoms with van der Waals surface area (Å²) in [4.78, 5) is 24.9. The van der Waals surface area contributed by atoms with Crippen LogP contribution in [-0.2, 0) is 9.59 Å². The van der Waals surface area contributed by atoms with Crippen molar-refractivity contribution >= 4 is 11.8 Å². The van der Waals surface area contributed by atoms with Crippen molar-refractivity contribution in [2.24, 2.45) is 0 Å². The molecule has 0 aromatic heterocycles. The lowest BCUT2D eigenvalue weighted by Crippen LogP contribution is -2.33. The minimum atomic E-state index is -0.267. The SMILES string of the molecule is CC(=O)N(CC#CCN(C)C)C(C)=O. The number of hydrogen-bond donors (Lipinski definition) is 0. The number of nitrogens with zero attached hydrogens (tertiary/aromatic N) is 2. The number of rotatable bonds is 2. The molecular formula is C10H16N2O2. The summed E-state index contributed by atoms with van der Waals surface area (Å²) in [7, 11) is 3.81. The Balaban J connectivity index is 4.11. The first-order valence-corrected chi connectivity index (χ1v) is 4.34. The van der Waals surface area contributed by atoms with E-state index in [1.165, 1.54) is 13.8 Å². The fourth-order valence-corrected chi connectivity index (χ4v) is 0.793. The maximum Gasteiger partial charge on any atom is 0.226 e. The Bertz CT molecular complexity index is 260. The van der Waals surface area contributed by atoms with Crippen LogP contribution in [0.15, 0.2) is 0 Å². The Morgan fingerprint density at radius 2 is 1.43 bits per heavy atom. The second-order valence-corrected chi connectivity index (χ2v) is 3.22. The van der Waals surface area contributed by atoms with Crippen LogP contribution in [0.1, 0.15) is 13.8 Å². The summed E-state index contributed by atoms with van der Waals surface area (Å²) in [6.45, 7) is 3.52. The first-order chi connectivity index (χ1) is 6.45. The average molecular weight is 196 g/mol. The molecule has 78 valence electrons. The molecule has 0 fully saturated rings. The molecule has 0 saturated heterocycles. The standard InChI is InChI=1S/C10H16N2O2/c1-9(13)12(10(2)14)8-6-5-7-11(3)4/h7-8H2,1-4H3. The monoisotopic (exact) mass is 196 g/mol. The van der Waals surface area contributed by atoms with Crippen molar-refractivity contribution in [1.82, 2.24) is 9.80 Å². The summed E-state index contributed by atoms with van der Waals surface area (Å²) in [6.07, 6.45) is 0. The number of hydrogen-bond acceptors (Lipinski definition) is 3. The fourth-order valence-electron chi connectivity index (χ4n) is 0.793. The van der Waals surface area contributed by atoms with Gasteiger partial charge in [0.15, 0.2) is 0 Å². The van der Waals surface area contributed by atoms with Crippen molar-refractivity contribution in [3.63, 3.8) is 0 Å². The van der Waals surface area contributed by atoms with Crippen LogP contribution in [0.2, 0.25) is 0 Å². The van der Waals surface area contributed by atoms with Crippen LogP contribution in [0.5, 0.6) is 0 Å². The lowest BCUT2D eigenvalue weighted by molar-refractivity contribution is -0.141. The van der Waals surface area contributed by atoms with Crippen LogP contribution in [0.3, 0.4) is 0 Å². The highest BCUT2D eigenvalue weighted by Crippen LogP contribution is 1.88. The van der Waals surface area contributed by atoms with Crippen LogP contribution in [0, 0.1) is 11.8 Å². The number of carbonyl (C=O) groups excluding carboxylic acids is 2. The molecule has 14 heavy (non-hydrogen) atoms. The van der Waals surface area contributed by atoms with Crippen molar-refractivity contribution in [3.8, 4) is 11.8 Å². The molecule has 0 aliphatic carbocycles. The van der Waals surface area contributed by atoms with Crippen LogP contribution in [0.25, 0.3) is 0 Å². The molecule has 0 aromatic carbocycles. The van der Waals surface area contributed by atoms with Gasteiger partial charge in [0.1, 0.15) is 0 Å². The van der Waals surface area contributed by atoms with E-state index in [9.17, 15) is 9.59 Å². The van der Waals surface area contributed by atoms with Gasteiger partial charge in [-0.25, -0.2) is 0 Å². The van der Waals surface area contributed by atoms with Gasteiger partial charge in [-0.05, 0) is 14.1 Å². The Labute approximate surface area is 84.9 Å². The van der Waals surface area contributed by atoms with E-state index in [0.717, 1.165) is 4.90 Å². The minimum Gasteiger partial charge on any atom is -0.299 e. The molecule has 0 unspecified atom stereocenters. The van der Waals surface area contributed by atoms with Gasteiger partial charge in [-0.1, -0.05) is 11.8 Å². The molecule has 0 rings (SSSR count). The van der Waals surface area contributed by atoms with Gasteiger partial charge in [0, 0.05) is 13.8 Å². The lowest BCUT2D eigenvalue weighted by Gasteiger charge is -2.12. The Kier molecular flexibility index (Phi) is 5.58. The van der Waals surface area contributed by atoms with Crippen LogP contribution in [0.4, 0.5) is 0 Å². The summed E-state index contributed by atoms with van der Waals surface area (Å²) < 4.78 is 0. The van der Waals surface area contributed by atoms with Crippen molar-refractivity contribution in [3.05, 3.63) is 0 Å². The Hall–Kier alpha value is -1.34. The van der Waals surface area contributed by atoms with Crippen LogP contribution >= 0.6 is 0 Å². The van der Waals surface area contributed by atoms with E-state index in [0.29, 0.717) is 6.54 Å². The van der Waals surface area contributed by atoms with Gasteiger partial charge in [0.25, 0.3) is 0 Å². The number of imide groups is 1. The van der Waals surface area contributed by atoms with Crippen LogP contribution in [-0.4, -0.2) is 48.8 Å². The maximum absolute atomic E-state index is 10.9. The topological polar surface area (TPSA) is 40.6 Å². The quantitative estimate of drug-likeness (QED) is 0.581. The van der Waals surface area contributed by atoms with Crippen molar-refractivity contribution in [2.45, 2.75) is 13.8 Å². The molecule has 0 bridgehead atoms. The molecule has 0 N–H and O–H groups in total. The minimum absolute atomic E-state index is 0.179. The summed E-state index contributed by atoms with van der Waals surface area (Å²) in [5.41, 5.74) is 0. The summed E-state index contributed by atoms with van der Waals surface area (Å²) in [6, 6.07) is 0. The Morgan fingerprint density at radius 1 is 1.00 bits per heavy atom. The lowest BCUT2D eigenvalue weighted by atomic mass is 10.4. The predicted octanol–water partition coefficient (Wildman–Crippen LogP) is -0.0536. The molecule has 0 radical (unpaired) electrons. The number of amides is 2.